The average Bonchev–Trinajstić information content (AvgIpc) is 2.91. The van der Waals surface area contributed by atoms with Crippen LogP contribution in [0.1, 0.15) is 23.3 Å². The zero-order valence-corrected chi connectivity index (χ0v) is 13.2. The van der Waals surface area contributed by atoms with E-state index in [1.807, 2.05) is 36.0 Å². The van der Waals surface area contributed by atoms with Crippen molar-refractivity contribution in [2.75, 3.05) is 11.5 Å². The van der Waals surface area contributed by atoms with Crippen molar-refractivity contribution in [3.63, 3.8) is 0 Å². The van der Waals surface area contributed by atoms with Gasteiger partial charge < -0.3 is 9.84 Å². The van der Waals surface area contributed by atoms with Crippen LogP contribution in [0.15, 0.2) is 30.3 Å². The first kappa shape index (κ1) is 15.0. The van der Waals surface area contributed by atoms with Gasteiger partial charge in [0.15, 0.2) is 5.69 Å². The van der Waals surface area contributed by atoms with Crippen molar-refractivity contribution in [1.29, 1.82) is 0 Å². The molecule has 1 aromatic carbocycles. The van der Waals surface area contributed by atoms with Crippen LogP contribution in [0.3, 0.4) is 0 Å². The first-order valence-corrected chi connectivity index (χ1v) is 8.41. The average molecular weight is 318 g/mol. The van der Waals surface area contributed by atoms with Crippen LogP contribution in [0.4, 0.5) is 0 Å². The lowest BCUT2D eigenvalue weighted by Gasteiger charge is -2.22. The fourth-order valence-electron chi connectivity index (χ4n) is 2.54. The monoisotopic (exact) mass is 318 g/mol. The fraction of sp³-hybridized carbons (Fsp3) is 0.375. The molecule has 1 fully saturated rings. The Kier molecular flexibility index (Phi) is 4.38. The lowest BCUT2D eigenvalue weighted by Crippen LogP contribution is -2.23. The molecule has 2 heterocycles. The molecule has 1 atom stereocenters. The van der Waals surface area contributed by atoms with Gasteiger partial charge in [-0.05, 0) is 48.9 Å². The number of thioether (sulfide) groups is 1. The van der Waals surface area contributed by atoms with Gasteiger partial charge in [0.1, 0.15) is 11.9 Å². The third-order valence-corrected chi connectivity index (χ3v) is 4.86. The second-order valence-electron chi connectivity index (χ2n) is 5.32. The van der Waals surface area contributed by atoms with E-state index in [9.17, 15) is 4.79 Å². The Hall–Kier alpha value is -1.95. The summed E-state index contributed by atoms with van der Waals surface area (Å²) in [5, 5.41) is 13.0. The van der Waals surface area contributed by atoms with Crippen molar-refractivity contribution in [1.82, 2.24) is 9.78 Å². The number of aromatic nitrogens is 2. The van der Waals surface area contributed by atoms with Crippen molar-refractivity contribution in [3.05, 3.63) is 36.0 Å². The summed E-state index contributed by atoms with van der Waals surface area (Å²) in [4.78, 5) is 11.0. The molecule has 1 aliphatic rings. The lowest BCUT2D eigenvalue weighted by molar-refractivity contribution is 0.0689. The van der Waals surface area contributed by atoms with Crippen molar-refractivity contribution >= 4 is 17.7 Å². The highest BCUT2D eigenvalue weighted by Gasteiger charge is 2.16. The fourth-order valence-corrected chi connectivity index (χ4v) is 3.58. The SMILES string of the molecule is Cn1nc(C(=O)O)cc1-c1ccc(OC2CCCSC2)cc1. The molecule has 0 bridgehead atoms. The van der Waals surface area contributed by atoms with Crippen LogP contribution in [0.5, 0.6) is 5.75 Å². The van der Waals surface area contributed by atoms with Gasteiger partial charge in [0.2, 0.25) is 0 Å². The third-order valence-electron chi connectivity index (χ3n) is 3.67. The summed E-state index contributed by atoms with van der Waals surface area (Å²) in [6.07, 6.45) is 2.61. The summed E-state index contributed by atoms with van der Waals surface area (Å²) in [5.74, 6) is 2.12. The zero-order chi connectivity index (χ0) is 15.5. The molecule has 3 rings (SSSR count). The molecule has 0 spiro atoms. The third kappa shape index (κ3) is 3.27. The van der Waals surface area contributed by atoms with Crippen LogP contribution < -0.4 is 4.74 Å². The van der Waals surface area contributed by atoms with E-state index >= 15 is 0 Å². The molecule has 116 valence electrons. The normalized spacial score (nSPS) is 18.1. The summed E-state index contributed by atoms with van der Waals surface area (Å²) < 4.78 is 7.56. The van der Waals surface area contributed by atoms with Crippen LogP contribution in [-0.4, -0.2) is 38.5 Å². The quantitative estimate of drug-likeness (QED) is 0.938. The van der Waals surface area contributed by atoms with Gasteiger partial charge in [-0.25, -0.2) is 4.79 Å². The standard InChI is InChI=1S/C16H18N2O3S/c1-18-15(9-14(17-18)16(19)20)11-4-6-12(7-5-11)21-13-3-2-8-22-10-13/h4-7,9,13H,2-3,8,10H2,1H3,(H,19,20). The minimum absolute atomic E-state index is 0.0528. The Bertz CT molecular complexity index is 661. The summed E-state index contributed by atoms with van der Waals surface area (Å²) in [6, 6.07) is 9.32. The van der Waals surface area contributed by atoms with Crippen molar-refractivity contribution in [3.8, 4) is 17.0 Å². The molecule has 0 amide bonds. The van der Waals surface area contributed by atoms with E-state index in [1.54, 1.807) is 17.8 Å². The Labute approximate surface area is 133 Å². The van der Waals surface area contributed by atoms with Crippen LogP contribution in [-0.2, 0) is 7.05 Å². The predicted molar refractivity (Wildman–Crippen MR) is 86.6 cm³/mol. The van der Waals surface area contributed by atoms with Gasteiger partial charge in [0, 0.05) is 18.4 Å². The van der Waals surface area contributed by atoms with Crippen LogP contribution >= 0.6 is 11.8 Å². The summed E-state index contributed by atoms with van der Waals surface area (Å²) in [5.41, 5.74) is 1.75. The Morgan fingerprint density at radius 2 is 2.18 bits per heavy atom. The highest BCUT2D eigenvalue weighted by atomic mass is 32.2. The predicted octanol–water partition coefficient (Wildman–Crippen LogP) is 3.06. The number of hydrogen-bond acceptors (Lipinski definition) is 4. The van der Waals surface area contributed by atoms with E-state index in [2.05, 4.69) is 5.10 Å². The van der Waals surface area contributed by atoms with Gasteiger partial charge in [-0.1, -0.05) is 0 Å². The van der Waals surface area contributed by atoms with Crippen LogP contribution in [0.2, 0.25) is 0 Å². The summed E-state index contributed by atoms with van der Waals surface area (Å²) >= 11 is 1.94. The minimum atomic E-state index is -1.02. The number of carboxylic acid groups (broad SMARTS) is 1. The van der Waals surface area contributed by atoms with Crippen LogP contribution in [0.25, 0.3) is 11.3 Å². The van der Waals surface area contributed by atoms with Gasteiger partial charge in [-0.2, -0.15) is 16.9 Å². The number of aryl methyl sites for hydroxylation is 1. The molecular weight excluding hydrogens is 300 g/mol. The van der Waals surface area contributed by atoms with Gasteiger partial charge in [-0.3, -0.25) is 4.68 Å². The molecular formula is C16H18N2O3S. The number of nitrogens with zero attached hydrogens (tertiary/aromatic N) is 2. The highest BCUT2D eigenvalue weighted by Crippen LogP contribution is 2.26. The molecule has 6 heteroatoms. The molecule has 1 unspecified atom stereocenters. The molecule has 1 N–H and O–H groups in total. The maximum Gasteiger partial charge on any atom is 0.356 e. The number of hydrogen-bond donors (Lipinski definition) is 1. The van der Waals surface area contributed by atoms with Crippen molar-refractivity contribution in [2.24, 2.45) is 7.05 Å². The van der Waals surface area contributed by atoms with Crippen molar-refractivity contribution < 1.29 is 14.6 Å². The van der Waals surface area contributed by atoms with E-state index in [1.165, 1.54) is 12.2 Å². The molecule has 1 saturated heterocycles. The Morgan fingerprint density at radius 1 is 1.41 bits per heavy atom. The number of aromatic carboxylic acids is 1. The van der Waals surface area contributed by atoms with Crippen molar-refractivity contribution in [2.45, 2.75) is 18.9 Å². The zero-order valence-electron chi connectivity index (χ0n) is 12.4. The van der Waals surface area contributed by atoms with E-state index in [4.69, 9.17) is 9.84 Å². The molecule has 1 aromatic heterocycles. The minimum Gasteiger partial charge on any atom is -0.490 e. The van der Waals surface area contributed by atoms with E-state index in [-0.39, 0.29) is 5.69 Å². The molecule has 22 heavy (non-hydrogen) atoms. The maximum absolute atomic E-state index is 11.0. The number of benzene rings is 1. The first-order valence-electron chi connectivity index (χ1n) is 7.25. The topological polar surface area (TPSA) is 64.4 Å². The maximum atomic E-state index is 11.0. The molecule has 0 aliphatic carbocycles. The number of ether oxygens (including phenoxy) is 1. The lowest BCUT2D eigenvalue weighted by atomic mass is 10.1. The van der Waals surface area contributed by atoms with Gasteiger partial charge in [-0.15, -0.1) is 0 Å². The number of rotatable bonds is 4. The first-order chi connectivity index (χ1) is 10.6. The smallest absolute Gasteiger partial charge is 0.356 e. The molecule has 1 aliphatic heterocycles. The summed E-state index contributed by atoms with van der Waals surface area (Å²) in [7, 11) is 1.74. The van der Waals surface area contributed by atoms with Gasteiger partial charge >= 0.3 is 5.97 Å². The van der Waals surface area contributed by atoms with E-state index in [0.29, 0.717) is 6.10 Å². The number of carbonyl (C=O) groups is 1. The largest absolute Gasteiger partial charge is 0.490 e. The second-order valence-corrected chi connectivity index (χ2v) is 6.47. The highest BCUT2D eigenvalue weighted by molar-refractivity contribution is 7.99. The Balaban J connectivity index is 1.74. The van der Waals surface area contributed by atoms with Crippen LogP contribution in [0, 0.1) is 0 Å². The van der Waals surface area contributed by atoms with E-state index in [0.717, 1.165) is 29.2 Å². The molecule has 5 nitrogen and oxygen atoms in total. The molecule has 0 saturated carbocycles. The molecule has 2 aromatic rings. The second kappa shape index (κ2) is 6.44. The summed E-state index contributed by atoms with van der Waals surface area (Å²) in [6.45, 7) is 0. The van der Waals surface area contributed by atoms with E-state index < -0.39 is 5.97 Å². The Morgan fingerprint density at radius 3 is 2.77 bits per heavy atom. The number of carboxylic acids is 1. The van der Waals surface area contributed by atoms with Gasteiger partial charge in [0.05, 0.1) is 5.69 Å². The van der Waals surface area contributed by atoms with Gasteiger partial charge in [0.25, 0.3) is 0 Å². The molecule has 0 radical (unpaired) electrons.